The monoisotopic (exact) mass is 152 g/mol. The zero-order valence-electron chi connectivity index (χ0n) is 5.85. The lowest BCUT2D eigenvalue weighted by Gasteiger charge is -2.15. The molecular weight excluding hydrogens is 140 g/mol. The SMILES string of the molecule is CC(C)(O)COCCCl. The molecule has 0 unspecified atom stereocenters. The van der Waals surface area contributed by atoms with E-state index in [9.17, 15) is 0 Å². The van der Waals surface area contributed by atoms with Crippen LogP contribution >= 0.6 is 11.6 Å². The van der Waals surface area contributed by atoms with Crippen LogP contribution in [0.5, 0.6) is 0 Å². The van der Waals surface area contributed by atoms with E-state index < -0.39 is 5.60 Å². The van der Waals surface area contributed by atoms with Crippen LogP contribution in [0.25, 0.3) is 0 Å². The Kier molecular flexibility index (Phi) is 4.19. The van der Waals surface area contributed by atoms with Crippen molar-refractivity contribution in [3.8, 4) is 0 Å². The van der Waals surface area contributed by atoms with Gasteiger partial charge in [-0.15, -0.1) is 11.6 Å². The summed E-state index contributed by atoms with van der Waals surface area (Å²) in [6.45, 7) is 4.24. The van der Waals surface area contributed by atoms with Crippen LogP contribution in [0.2, 0.25) is 0 Å². The lowest BCUT2D eigenvalue weighted by atomic mass is 10.2. The molecule has 0 rings (SSSR count). The van der Waals surface area contributed by atoms with E-state index in [4.69, 9.17) is 21.4 Å². The number of aliphatic hydroxyl groups is 1. The number of rotatable bonds is 4. The van der Waals surface area contributed by atoms with Crippen LogP contribution < -0.4 is 0 Å². The van der Waals surface area contributed by atoms with E-state index in [-0.39, 0.29) is 0 Å². The zero-order chi connectivity index (χ0) is 7.33. The van der Waals surface area contributed by atoms with Crippen LogP contribution in [0.3, 0.4) is 0 Å². The van der Waals surface area contributed by atoms with Crippen LogP contribution in [0.1, 0.15) is 13.8 Å². The molecule has 56 valence electrons. The highest BCUT2D eigenvalue weighted by Crippen LogP contribution is 2.00. The third kappa shape index (κ3) is 8.21. The first kappa shape index (κ1) is 9.21. The van der Waals surface area contributed by atoms with Crippen molar-refractivity contribution in [2.75, 3.05) is 19.1 Å². The Morgan fingerprint density at radius 1 is 1.56 bits per heavy atom. The summed E-state index contributed by atoms with van der Waals surface area (Å²) in [5.41, 5.74) is -0.730. The van der Waals surface area contributed by atoms with Crippen LogP contribution in [0.4, 0.5) is 0 Å². The van der Waals surface area contributed by atoms with Gasteiger partial charge in [-0.05, 0) is 13.8 Å². The van der Waals surface area contributed by atoms with E-state index in [1.54, 1.807) is 13.8 Å². The molecule has 0 spiro atoms. The quantitative estimate of drug-likeness (QED) is 0.482. The van der Waals surface area contributed by atoms with Crippen LogP contribution in [0.15, 0.2) is 0 Å². The largest absolute Gasteiger partial charge is 0.388 e. The molecule has 0 saturated heterocycles. The lowest BCUT2D eigenvalue weighted by Crippen LogP contribution is -2.26. The predicted octanol–water partition coefficient (Wildman–Crippen LogP) is 1.01. The molecule has 1 N–H and O–H groups in total. The Morgan fingerprint density at radius 2 is 2.11 bits per heavy atom. The molecule has 0 atom stereocenters. The molecule has 0 aliphatic carbocycles. The molecule has 0 saturated carbocycles. The Balaban J connectivity index is 3.07. The molecule has 0 bridgehead atoms. The van der Waals surface area contributed by atoms with Gasteiger partial charge in [0.25, 0.3) is 0 Å². The van der Waals surface area contributed by atoms with Crippen LogP contribution in [-0.2, 0) is 4.74 Å². The fourth-order valence-corrected chi connectivity index (χ4v) is 0.486. The van der Waals surface area contributed by atoms with Gasteiger partial charge < -0.3 is 9.84 Å². The van der Waals surface area contributed by atoms with Crippen molar-refractivity contribution in [1.29, 1.82) is 0 Å². The van der Waals surface area contributed by atoms with Gasteiger partial charge in [-0.3, -0.25) is 0 Å². The highest BCUT2D eigenvalue weighted by molar-refractivity contribution is 6.17. The summed E-state index contributed by atoms with van der Waals surface area (Å²) in [7, 11) is 0. The molecule has 9 heavy (non-hydrogen) atoms. The minimum atomic E-state index is -0.730. The van der Waals surface area contributed by atoms with E-state index in [2.05, 4.69) is 0 Å². The van der Waals surface area contributed by atoms with Crippen molar-refractivity contribution >= 4 is 11.6 Å². The van der Waals surface area contributed by atoms with Gasteiger partial charge in [-0.25, -0.2) is 0 Å². The number of hydrogen-bond donors (Lipinski definition) is 1. The summed E-state index contributed by atoms with van der Waals surface area (Å²) in [5.74, 6) is 0.482. The van der Waals surface area contributed by atoms with Crippen molar-refractivity contribution in [1.82, 2.24) is 0 Å². The fraction of sp³-hybridized carbons (Fsp3) is 1.00. The second kappa shape index (κ2) is 4.09. The van der Waals surface area contributed by atoms with Crippen molar-refractivity contribution in [2.45, 2.75) is 19.4 Å². The van der Waals surface area contributed by atoms with E-state index in [1.165, 1.54) is 0 Å². The molecular formula is C6H13ClO2. The number of hydrogen-bond acceptors (Lipinski definition) is 2. The number of alkyl halides is 1. The van der Waals surface area contributed by atoms with Crippen LogP contribution in [0, 0.1) is 0 Å². The molecule has 0 aliphatic rings. The first-order chi connectivity index (χ1) is 4.06. The van der Waals surface area contributed by atoms with Crippen LogP contribution in [-0.4, -0.2) is 29.8 Å². The highest BCUT2D eigenvalue weighted by atomic mass is 35.5. The lowest BCUT2D eigenvalue weighted by molar-refractivity contribution is -0.0163. The summed E-state index contributed by atoms with van der Waals surface area (Å²) >= 11 is 5.32. The second-order valence-corrected chi connectivity index (χ2v) is 2.93. The first-order valence-corrected chi connectivity index (χ1v) is 3.46. The average molecular weight is 153 g/mol. The Bertz CT molecular complexity index is 67.9. The fourth-order valence-electron chi connectivity index (χ4n) is 0.376. The summed E-state index contributed by atoms with van der Waals surface area (Å²) in [6.07, 6.45) is 0. The van der Waals surface area contributed by atoms with E-state index in [0.717, 1.165) is 0 Å². The summed E-state index contributed by atoms with van der Waals surface area (Å²) in [4.78, 5) is 0. The standard InChI is InChI=1S/C6H13ClO2/c1-6(2,8)5-9-4-3-7/h8H,3-5H2,1-2H3. The molecule has 0 fully saturated rings. The minimum Gasteiger partial charge on any atom is -0.388 e. The molecule has 0 aromatic rings. The Labute approximate surface area is 60.8 Å². The maximum absolute atomic E-state index is 9.08. The molecule has 3 heteroatoms. The van der Waals surface area contributed by atoms with Gasteiger partial charge in [0.2, 0.25) is 0 Å². The molecule has 2 nitrogen and oxygen atoms in total. The molecule has 0 radical (unpaired) electrons. The third-order valence-electron chi connectivity index (χ3n) is 0.677. The number of halogens is 1. The smallest absolute Gasteiger partial charge is 0.0824 e. The maximum atomic E-state index is 9.08. The normalized spacial score (nSPS) is 12.0. The predicted molar refractivity (Wildman–Crippen MR) is 37.8 cm³/mol. The minimum absolute atomic E-state index is 0.347. The zero-order valence-corrected chi connectivity index (χ0v) is 6.61. The Hall–Kier alpha value is 0.210. The van der Waals surface area contributed by atoms with Gasteiger partial charge in [0.1, 0.15) is 0 Å². The summed E-state index contributed by atoms with van der Waals surface area (Å²) < 4.78 is 4.97. The average Bonchev–Trinajstić information content (AvgIpc) is 1.63. The van der Waals surface area contributed by atoms with Gasteiger partial charge in [-0.2, -0.15) is 0 Å². The third-order valence-corrected chi connectivity index (χ3v) is 0.831. The topological polar surface area (TPSA) is 29.5 Å². The van der Waals surface area contributed by atoms with E-state index in [1.807, 2.05) is 0 Å². The van der Waals surface area contributed by atoms with Crippen molar-refractivity contribution in [3.63, 3.8) is 0 Å². The van der Waals surface area contributed by atoms with Gasteiger partial charge in [0.15, 0.2) is 0 Å². The molecule has 0 aliphatic heterocycles. The maximum Gasteiger partial charge on any atom is 0.0824 e. The van der Waals surface area contributed by atoms with Gasteiger partial charge in [0, 0.05) is 5.88 Å². The number of ether oxygens (including phenoxy) is 1. The Morgan fingerprint density at radius 3 is 2.44 bits per heavy atom. The van der Waals surface area contributed by atoms with E-state index in [0.29, 0.717) is 19.1 Å². The van der Waals surface area contributed by atoms with E-state index >= 15 is 0 Å². The first-order valence-electron chi connectivity index (χ1n) is 2.92. The van der Waals surface area contributed by atoms with Gasteiger partial charge >= 0.3 is 0 Å². The summed E-state index contributed by atoms with van der Waals surface area (Å²) in [6, 6.07) is 0. The molecule has 0 aromatic heterocycles. The van der Waals surface area contributed by atoms with Crippen molar-refractivity contribution in [3.05, 3.63) is 0 Å². The molecule has 0 aromatic carbocycles. The van der Waals surface area contributed by atoms with Crippen molar-refractivity contribution in [2.24, 2.45) is 0 Å². The van der Waals surface area contributed by atoms with Gasteiger partial charge in [0.05, 0.1) is 18.8 Å². The summed E-state index contributed by atoms with van der Waals surface area (Å²) in [5, 5.41) is 9.08. The van der Waals surface area contributed by atoms with Crippen molar-refractivity contribution < 1.29 is 9.84 Å². The molecule has 0 amide bonds. The highest BCUT2D eigenvalue weighted by Gasteiger charge is 2.11. The van der Waals surface area contributed by atoms with Gasteiger partial charge in [-0.1, -0.05) is 0 Å². The second-order valence-electron chi connectivity index (χ2n) is 2.55. The molecule has 0 heterocycles.